The molecule has 42 heavy (non-hydrogen) atoms. The molecule has 0 amide bonds. The summed E-state index contributed by atoms with van der Waals surface area (Å²) in [7, 11) is 0. The Bertz CT molecular complexity index is 872. The first-order valence-electron chi connectivity index (χ1n) is 17.2. The Kier molecular flexibility index (Phi) is 10.7. The van der Waals surface area contributed by atoms with Gasteiger partial charge in [-0.15, -0.1) is 0 Å². The van der Waals surface area contributed by atoms with Crippen molar-refractivity contribution in [2.24, 2.45) is 23.2 Å². The van der Waals surface area contributed by atoms with Crippen LogP contribution < -0.4 is 0 Å². The van der Waals surface area contributed by atoms with Crippen molar-refractivity contribution in [1.29, 1.82) is 0 Å². The lowest BCUT2D eigenvalue weighted by Gasteiger charge is -2.58. The lowest BCUT2D eigenvalue weighted by molar-refractivity contribution is -0.221. The average Bonchev–Trinajstić information content (AvgIpc) is 2.74. The largest absolute Gasteiger partial charge is 0.404 e. The van der Waals surface area contributed by atoms with E-state index >= 15 is 0 Å². The zero-order valence-electron chi connectivity index (χ0n) is 30.0. The molecule has 0 radical (unpaired) electrons. The van der Waals surface area contributed by atoms with Gasteiger partial charge in [-0.25, -0.2) is 0 Å². The summed E-state index contributed by atoms with van der Waals surface area (Å²) < 4.78 is 43.7. The highest BCUT2D eigenvalue weighted by molar-refractivity contribution is 5.04. The van der Waals surface area contributed by atoms with E-state index in [0.717, 1.165) is 38.1 Å². The van der Waals surface area contributed by atoms with Crippen LogP contribution >= 0.6 is 0 Å². The number of hydrogen-bond donors (Lipinski definition) is 0. The van der Waals surface area contributed by atoms with E-state index in [4.69, 9.17) is 0 Å². The molecule has 0 spiro atoms. The molecule has 0 saturated carbocycles. The molecule has 3 aliphatic rings. The zero-order valence-corrected chi connectivity index (χ0v) is 30.0. The van der Waals surface area contributed by atoms with Crippen LogP contribution in [0, 0.1) is 23.2 Å². The van der Waals surface area contributed by atoms with Crippen LogP contribution in [0.2, 0.25) is 0 Å². The van der Waals surface area contributed by atoms with Gasteiger partial charge in [-0.1, -0.05) is 34.6 Å². The van der Waals surface area contributed by atoms with Crippen LogP contribution in [-0.4, -0.2) is 74.2 Å². The minimum absolute atomic E-state index is 0.0543. The summed E-state index contributed by atoms with van der Waals surface area (Å²) in [6.45, 7) is 32.9. The Hall–Kier alpha value is -0.330. The van der Waals surface area contributed by atoms with Gasteiger partial charge >= 0.3 is 6.18 Å². The van der Waals surface area contributed by atoms with Crippen LogP contribution in [0.25, 0.3) is 0 Å². The molecule has 2 unspecified atom stereocenters. The molecule has 3 aliphatic heterocycles. The molecule has 0 aromatic rings. The van der Waals surface area contributed by atoms with Crippen LogP contribution in [0.3, 0.4) is 0 Å². The van der Waals surface area contributed by atoms with Crippen molar-refractivity contribution in [1.82, 2.24) is 14.7 Å². The fourth-order valence-corrected chi connectivity index (χ4v) is 9.43. The molecule has 0 N–H and O–H groups in total. The average molecular weight is 600 g/mol. The Morgan fingerprint density at radius 2 is 1.00 bits per heavy atom. The van der Waals surface area contributed by atoms with Crippen molar-refractivity contribution in [2.45, 2.75) is 201 Å². The van der Waals surface area contributed by atoms with Crippen molar-refractivity contribution >= 4 is 0 Å². The summed E-state index contributed by atoms with van der Waals surface area (Å²) in [6.07, 6.45) is 3.56. The van der Waals surface area contributed by atoms with E-state index in [0.29, 0.717) is 18.0 Å². The van der Waals surface area contributed by atoms with Gasteiger partial charge in [0.15, 0.2) is 0 Å². The Labute approximate surface area is 258 Å². The number of piperidine rings is 3. The summed E-state index contributed by atoms with van der Waals surface area (Å²) in [5.74, 6) is 1.36. The molecule has 3 fully saturated rings. The molecule has 0 bridgehead atoms. The summed E-state index contributed by atoms with van der Waals surface area (Å²) >= 11 is 0. The summed E-state index contributed by atoms with van der Waals surface area (Å²) in [4.78, 5) is 7.45. The molecule has 0 aromatic heterocycles. The number of alkyl halides is 3. The predicted octanol–water partition coefficient (Wildman–Crippen LogP) is 9.79. The molecule has 3 nitrogen and oxygen atoms in total. The van der Waals surface area contributed by atoms with E-state index in [9.17, 15) is 13.2 Å². The molecule has 3 rings (SSSR count). The highest BCUT2D eigenvalue weighted by Gasteiger charge is 2.54. The van der Waals surface area contributed by atoms with Crippen LogP contribution in [0.1, 0.15) is 148 Å². The van der Waals surface area contributed by atoms with Gasteiger partial charge in [-0.3, -0.25) is 14.7 Å². The van der Waals surface area contributed by atoms with Crippen LogP contribution in [0.4, 0.5) is 13.2 Å². The van der Waals surface area contributed by atoms with E-state index in [1.807, 2.05) is 32.6 Å². The van der Waals surface area contributed by atoms with E-state index in [1.54, 1.807) is 0 Å². The number of rotatable bonds is 4. The lowest BCUT2D eigenvalue weighted by atomic mass is 9.67. The standard InChI is InChI=1S/C36H68F3N3/c1-24-15-16-40(33(6,7)8)27(17-24)22-29-20-26(32(3,4)5)21-30(41(29)34(9,10)11)23-28-18-25(2)19-31(36(37,38)39)42(28)35(12,13)14/h24-31H,15-23H2,1-14H3/t24-,25-,26+,27+,28?,29?,30-,31+/m0/s1. The molecule has 8 atom stereocenters. The van der Waals surface area contributed by atoms with Gasteiger partial charge in [0.25, 0.3) is 0 Å². The lowest BCUT2D eigenvalue weighted by Crippen LogP contribution is -2.65. The maximum absolute atomic E-state index is 14.6. The molecule has 3 heterocycles. The first kappa shape index (κ1) is 36.1. The number of hydrogen-bond acceptors (Lipinski definition) is 3. The molecular formula is C36H68F3N3. The van der Waals surface area contributed by atoms with E-state index in [1.165, 1.54) is 19.3 Å². The van der Waals surface area contributed by atoms with Gasteiger partial charge in [0.1, 0.15) is 6.04 Å². The number of nitrogens with zero attached hydrogens (tertiary/aromatic N) is 3. The van der Waals surface area contributed by atoms with Crippen molar-refractivity contribution in [3.05, 3.63) is 0 Å². The monoisotopic (exact) mass is 600 g/mol. The third-order valence-electron chi connectivity index (χ3n) is 11.0. The minimum Gasteiger partial charge on any atom is -0.295 e. The Morgan fingerprint density at radius 1 is 0.548 bits per heavy atom. The Morgan fingerprint density at radius 3 is 1.43 bits per heavy atom. The highest BCUT2D eigenvalue weighted by Crippen LogP contribution is 2.48. The first-order valence-corrected chi connectivity index (χ1v) is 17.2. The molecule has 248 valence electrons. The number of likely N-dealkylation sites (tertiary alicyclic amines) is 3. The van der Waals surface area contributed by atoms with E-state index < -0.39 is 17.8 Å². The Balaban J connectivity index is 2.03. The van der Waals surface area contributed by atoms with Gasteiger partial charge < -0.3 is 0 Å². The second kappa shape index (κ2) is 12.5. The molecular weight excluding hydrogens is 531 g/mol. The van der Waals surface area contributed by atoms with Gasteiger partial charge in [0.05, 0.1) is 0 Å². The third kappa shape index (κ3) is 8.68. The van der Waals surface area contributed by atoms with Crippen LogP contribution in [0.15, 0.2) is 0 Å². The summed E-state index contributed by atoms with van der Waals surface area (Å²) in [5.41, 5.74) is -0.295. The maximum Gasteiger partial charge on any atom is 0.404 e. The van der Waals surface area contributed by atoms with E-state index in [-0.39, 0.29) is 40.9 Å². The van der Waals surface area contributed by atoms with E-state index in [2.05, 4.69) is 79.0 Å². The second-order valence-corrected chi connectivity index (χ2v) is 18.9. The quantitative estimate of drug-likeness (QED) is 0.318. The van der Waals surface area contributed by atoms with Crippen molar-refractivity contribution in [3.63, 3.8) is 0 Å². The van der Waals surface area contributed by atoms with Crippen molar-refractivity contribution < 1.29 is 13.2 Å². The summed E-state index contributed by atoms with van der Waals surface area (Å²) in [6, 6.07) is -0.202. The van der Waals surface area contributed by atoms with Gasteiger partial charge in [0.2, 0.25) is 0 Å². The number of halogens is 3. The SMILES string of the molecule is C[C@H]1CCN(C(C)(C)C)[C@@H](CC2C[C@@H](C(C)(C)C)C[C@@H](CC3C[C@H](C)C[C@H](C(F)(F)F)N3C(C)(C)C)N2C(C)(C)C)C1. The molecule has 3 saturated heterocycles. The van der Waals surface area contributed by atoms with Crippen molar-refractivity contribution in [3.8, 4) is 0 Å². The topological polar surface area (TPSA) is 9.72 Å². The normalized spacial score (nSPS) is 35.9. The van der Waals surface area contributed by atoms with Crippen molar-refractivity contribution in [2.75, 3.05) is 6.54 Å². The fourth-order valence-electron chi connectivity index (χ4n) is 9.43. The van der Waals surface area contributed by atoms with Gasteiger partial charge in [-0.2, -0.15) is 13.2 Å². The first-order chi connectivity index (χ1) is 18.8. The molecule has 6 heteroatoms. The van der Waals surface area contributed by atoms with Crippen LogP contribution in [0.5, 0.6) is 0 Å². The maximum atomic E-state index is 14.6. The zero-order chi connectivity index (χ0) is 32.2. The summed E-state index contributed by atoms with van der Waals surface area (Å²) in [5, 5.41) is 0. The van der Waals surface area contributed by atoms with Gasteiger partial charge in [-0.05, 0) is 143 Å². The third-order valence-corrected chi connectivity index (χ3v) is 11.0. The second-order valence-electron chi connectivity index (χ2n) is 18.9. The van der Waals surface area contributed by atoms with Gasteiger partial charge in [0, 0.05) is 40.8 Å². The van der Waals surface area contributed by atoms with Crippen LogP contribution in [-0.2, 0) is 0 Å². The molecule has 0 aliphatic carbocycles. The predicted molar refractivity (Wildman–Crippen MR) is 173 cm³/mol. The smallest absolute Gasteiger partial charge is 0.295 e. The fraction of sp³-hybridized carbons (Fsp3) is 1.00. The highest BCUT2D eigenvalue weighted by atomic mass is 19.4. The minimum atomic E-state index is -4.21. The molecule has 0 aromatic carbocycles.